The van der Waals surface area contributed by atoms with E-state index in [4.69, 9.17) is 5.26 Å². The summed E-state index contributed by atoms with van der Waals surface area (Å²) in [6, 6.07) is 13.2. The molecule has 2 aromatic rings. The van der Waals surface area contributed by atoms with Crippen molar-refractivity contribution in [3.05, 3.63) is 47.3 Å². The van der Waals surface area contributed by atoms with Gasteiger partial charge in [-0.15, -0.1) is 11.3 Å². The Kier molecular flexibility index (Phi) is 6.15. The van der Waals surface area contributed by atoms with Crippen LogP contribution in [-0.2, 0) is 4.79 Å². The number of nitrogens with one attached hydrogen (secondary N) is 1. The van der Waals surface area contributed by atoms with Crippen molar-refractivity contribution in [1.82, 2.24) is 0 Å². The lowest BCUT2D eigenvalue weighted by Gasteiger charge is -2.26. The van der Waals surface area contributed by atoms with Crippen LogP contribution in [0.2, 0.25) is 0 Å². The van der Waals surface area contributed by atoms with Crippen LogP contribution in [0.1, 0.15) is 18.9 Å². The number of amides is 1. The molecule has 0 fully saturated rings. The largest absolute Gasteiger partial charge is 0.391 e. The van der Waals surface area contributed by atoms with Crippen LogP contribution in [0.5, 0.6) is 0 Å². The van der Waals surface area contributed by atoms with Gasteiger partial charge in [-0.3, -0.25) is 4.79 Å². The number of para-hydroxylation sites is 1. The molecule has 0 saturated heterocycles. The predicted molar refractivity (Wildman–Crippen MR) is 92.6 cm³/mol. The fourth-order valence-electron chi connectivity index (χ4n) is 2.12. The maximum atomic E-state index is 12.3. The number of carbonyl (C=O) groups is 1. The molecule has 1 heterocycles. The van der Waals surface area contributed by atoms with E-state index in [1.165, 1.54) is 11.3 Å². The summed E-state index contributed by atoms with van der Waals surface area (Å²) in [7, 11) is 0. The third-order valence-corrected chi connectivity index (χ3v) is 4.23. The van der Waals surface area contributed by atoms with Crippen molar-refractivity contribution in [2.75, 3.05) is 23.3 Å². The van der Waals surface area contributed by atoms with Gasteiger partial charge in [-0.2, -0.15) is 5.26 Å². The summed E-state index contributed by atoms with van der Waals surface area (Å²) in [5, 5.41) is 24.0. The van der Waals surface area contributed by atoms with E-state index in [0.717, 1.165) is 5.69 Å². The molecule has 1 atom stereocenters. The lowest BCUT2D eigenvalue weighted by atomic mass is 10.2. The molecule has 0 aliphatic carbocycles. The molecular formula is C17H19N3O2S. The molecule has 2 rings (SSSR count). The van der Waals surface area contributed by atoms with Crippen LogP contribution >= 0.6 is 11.3 Å². The Labute approximate surface area is 139 Å². The van der Waals surface area contributed by atoms with Crippen LogP contribution in [0.3, 0.4) is 0 Å². The van der Waals surface area contributed by atoms with E-state index in [9.17, 15) is 9.90 Å². The van der Waals surface area contributed by atoms with Gasteiger partial charge in [0.2, 0.25) is 5.91 Å². The van der Waals surface area contributed by atoms with Crippen LogP contribution in [0.25, 0.3) is 0 Å². The molecular weight excluding hydrogens is 310 g/mol. The molecule has 0 aliphatic rings. The number of anilines is 2. The zero-order valence-corrected chi connectivity index (χ0v) is 13.7. The van der Waals surface area contributed by atoms with E-state index in [-0.39, 0.29) is 12.5 Å². The Morgan fingerprint density at radius 2 is 2.13 bits per heavy atom. The van der Waals surface area contributed by atoms with Crippen molar-refractivity contribution in [3.8, 4) is 6.07 Å². The van der Waals surface area contributed by atoms with Crippen molar-refractivity contribution in [3.63, 3.8) is 0 Å². The molecule has 120 valence electrons. The average Bonchev–Trinajstić information content (AvgIpc) is 3.01. The summed E-state index contributed by atoms with van der Waals surface area (Å²) in [6.07, 6.45) is 0.119. The number of nitrogens with zero attached hydrogens (tertiary/aromatic N) is 2. The first-order valence-electron chi connectivity index (χ1n) is 7.39. The molecule has 2 N–H and O–H groups in total. The van der Waals surface area contributed by atoms with Gasteiger partial charge in [0.25, 0.3) is 0 Å². The summed E-state index contributed by atoms with van der Waals surface area (Å²) in [5.74, 6) is -0.212. The van der Waals surface area contributed by atoms with Crippen molar-refractivity contribution >= 4 is 27.9 Å². The molecule has 0 unspecified atom stereocenters. The maximum absolute atomic E-state index is 12.3. The Hall–Kier alpha value is -2.36. The molecule has 1 aromatic carbocycles. The summed E-state index contributed by atoms with van der Waals surface area (Å²) < 4.78 is 0. The molecule has 6 heteroatoms. The molecule has 0 saturated carbocycles. The second-order valence-corrected chi connectivity index (χ2v) is 6.02. The van der Waals surface area contributed by atoms with Crippen molar-refractivity contribution < 1.29 is 9.90 Å². The number of benzene rings is 1. The Morgan fingerprint density at radius 3 is 2.78 bits per heavy atom. The maximum Gasteiger partial charge on any atom is 0.244 e. The molecule has 0 bridgehead atoms. The van der Waals surface area contributed by atoms with Gasteiger partial charge >= 0.3 is 0 Å². The molecule has 1 amide bonds. The predicted octanol–water partition coefficient (Wildman–Crippen LogP) is 2.84. The monoisotopic (exact) mass is 329 g/mol. The lowest BCUT2D eigenvalue weighted by Crippen LogP contribution is -2.38. The van der Waals surface area contributed by atoms with E-state index in [1.807, 2.05) is 48.2 Å². The summed E-state index contributed by atoms with van der Waals surface area (Å²) in [6.45, 7) is 2.39. The number of aliphatic hydroxyl groups excluding tert-OH is 1. The van der Waals surface area contributed by atoms with Crippen LogP contribution < -0.4 is 10.2 Å². The van der Waals surface area contributed by atoms with E-state index >= 15 is 0 Å². The Bertz CT molecular complexity index is 679. The van der Waals surface area contributed by atoms with Gasteiger partial charge < -0.3 is 15.3 Å². The average molecular weight is 329 g/mol. The summed E-state index contributed by atoms with van der Waals surface area (Å²) in [4.78, 5) is 14.1. The number of aliphatic hydroxyl groups is 1. The highest BCUT2D eigenvalue weighted by molar-refractivity contribution is 7.14. The SMILES string of the molecule is CC[C@@H](O)CN(CC(=O)Nc1sccc1C#N)c1ccccc1. The summed E-state index contributed by atoms with van der Waals surface area (Å²) >= 11 is 1.32. The van der Waals surface area contributed by atoms with Gasteiger partial charge in [-0.05, 0) is 30.0 Å². The van der Waals surface area contributed by atoms with Gasteiger partial charge in [0.1, 0.15) is 11.1 Å². The van der Waals surface area contributed by atoms with E-state index in [2.05, 4.69) is 5.32 Å². The molecule has 0 radical (unpaired) electrons. The fraction of sp³-hybridized carbons (Fsp3) is 0.294. The lowest BCUT2D eigenvalue weighted by molar-refractivity contribution is -0.115. The van der Waals surface area contributed by atoms with Crippen LogP contribution in [0.15, 0.2) is 41.8 Å². The number of rotatable bonds is 7. The Morgan fingerprint density at radius 1 is 1.39 bits per heavy atom. The highest BCUT2D eigenvalue weighted by Crippen LogP contribution is 2.22. The minimum Gasteiger partial charge on any atom is -0.391 e. The van der Waals surface area contributed by atoms with Crippen molar-refractivity contribution in [1.29, 1.82) is 5.26 Å². The van der Waals surface area contributed by atoms with Crippen molar-refractivity contribution in [2.45, 2.75) is 19.4 Å². The first-order chi connectivity index (χ1) is 11.1. The number of carbonyl (C=O) groups excluding carboxylic acids is 1. The standard InChI is InChI=1S/C17H19N3O2S/c1-2-15(21)11-20(14-6-4-3-5-7-14)12-16(22)19-17-13(10-18)8-9-23-17/h3-9,15,21H,2,11-12H2,1H3,(H,19,22)/t15-/m1/s1. The fourth-order valence-corrected chi connectivity index (χ4v) is 2.87. The van der Waals surface area contributed by atoms with Gasteiger partial charge in [0.05, 0.1) is 18.2 Å². The van der Waals surface area contributed by atoms with Gasteiger partial charge in [0.15, 0.2) is 0 Å². The molecule has 1 aromatic heterocycles. The molecule has 0 spiro atoms. The van der Waals surface area contributed by atoms with E-state index in [1.54, 1.807) is 11.4 Å². The molecule has 0 aliphatic heterocycles. The van der Waals surface area contributed by atoms with Crippen LogP contribution in [0, 0.1) is 11.3 Å². The number of hydrogen-bond donors (Lipinski definition) is 2. The topological polar surface area (TPSA) is 76.4 Å². The van der Waals surface area contributed by atoms with Crippen molar-refractivity contribution in [2.24, 2.45) is 0 Å². The smallest absolute Gasteiger partial charge is 0.244 e. The normalized spacial score (nSPS) is 11.5. The number of thiophene rings is 1. The zero-order valence-electron chi connectivity index (χ0n) is 12.9. The molecule has 5 nitrogen and oxygen atoms in total. The third kappa shape index (κ3) is 4.81. The van der Waals surface area contributed by atoms with Gasteiger partial charge in [-0.1, -0.05) is 25.1 Å². The van der Waals surface area contributed by atoms with Gasteiger partial charge in [0, 0.05) is 12.2 Å². The van der Waals surface area contributed by atoms with E-state index in [0.29, 0.717) is 23.5 Å². The molecule has 23 heavy (non-hydrogen) atoms. The second kappa shape index (κ2) is 8.32. The number of hydrogen-bond acceptors (Lipinski definition) is 5. The quantitative estimate of drug-likeness (QED) is 0.819. The highest BCUT2D eigenvalue weighted by Gasteiger charge is 2.16. The second-order valence-electron chi connectivity index (χ2n) is 5.10. The summed E-state index contributed by atoms with van der Waals surface area (Å²) in [5.41, 5.74) is 1.34. The van der Waals surface area contributed by atoms with Gasteiger partial charge in [-0.25, -0.2) is 0 Å². The first-order valence-corrected chi connectivity index (χ1v) is 8.27. The van der Waals surface area contributed by atoms with E-state index < -0.39 is 6.10 Å². The minimum atomic E-state index is -0.501. The first kappa shape index (κ1) is 17.0. The zero-order chi connectivity index (χ0) is 16.7. The van der Waals surface area contributed by atoms with Crippen LogP contribution in [-0.4, -0.2) is 30.2 Å². The third-order valence-electron chi connectivity index (χ3n) is 3.40. The van der Waals surface area contributed by atoms with Crippen LogP contribution in [0.4, 0.5) is 10.7 Å². The number of nitriles is 1. The minimum absolute atomic E-state index is 0.115. The highest BCUT2D eigenvalue weighted by atomic mass is 32.1. The Balaban J connectivity index is 2.08.